The Bertz CT molecular complexity index is 574. The highest BCUT2D eigenvalue weighted by atomic mass is 16.5. The van der Waals surface area contributed by atoms with Crippen molar-refractivity contribution in [2.45, 2.75) is 33.8 Å². The molecule has 2 aromatic carbocycles. The number of nitrogens with zero attached hydrogens (tertiary/aromatic N) is 1. The van der Waals surface area contributed by atoms with E-state index in [1.54, 1.807) is 0 Å². The van der Waals surface area contributed by atoms with Crippen molar-refractivity contribution in [2.75, 3.05) is 29.9 Å². The summed E-state index contributed by atoms with van der Waals surface area (Å²) in [7, 11) is 0. The first kappa shape index (κ1) is 17.2. The summed E-state index contributed by atoms with van der Waals surface area (Å²) < 4.78 is 5.92. The molecule has 0 aromatic heterocycles. The van der Waals surface area contributed by atoms with E-state index >= 15 is 0 Å². The summed E-state index contributed by atoms with van der Waals surface area (Å²) in [6, 6.07) is 16.8. The molecule has 0 saturated carbocycles. The van der Waals surface area contributed by atoms with Gasteiger partial charge in [-0.2, -0.15) is 0 Å². The summed E-state index contributed by atoms with van der Waals surface area (Å²) in [4.78, 5) is 2.34. The summed E-state index contributed by atoms with van der Waals surface area (Å²) in [5.41, 5.74) is 3.64. The molecule has 0 fully saturated rings. The fourth-order valence-electron chi connectivity index (χ4n) is 2.53. The fraction of sp³-hybridized carbons (Fsp3) is 0.400. The second-order valence-electron chi connectivity index (χ2n) is 5.84. The molecule has 0 saturated heterocycles. The van der Waals surface area contributed by atoms with Gasteiger partial charge in [0.15, 0.2) is 0 Å². The third-order valence-electron chi connectivity index (χ3n) is 3.95. The lowest BCUT2D eigenvalue weighted by atomic mass is 10.2. The Balaban J connectivity index is 1.84. The molecule has 0 aliphatic carbocycles. The second kappa shape index (κ2) is 8.47. The van der Waals surface area contributed by atoms with E-state index in [0.29, 0.717) is 0 Å². The van der Waals surface area contributed by atoms with Crippen LogP contribution < -0.4 is 15.0 Å². The predicted octanol–water partition coefficient (Wildman–Crippen LogP) is 4.72. The highest BCUT2D eigenvalue weighted by Crippen LogP contribution is 2.18. The van der Waals surface area contributed by atoms with Gasteiger partial charge < -0.3 is 15.0 Å². The van der Waals surface area contributed by atoms with E-state index in [0.717, 1.165) is 31.1 Å². The number of anilines is 2. The zero-order valence-corrected chi connectivity index (χ0v) is 14.7. The zero-order valence-electron chi connectivity index (χ0n) is 14.7. The van der Waals surface area contributed by atoms with Gasteiger partial charge in [-0.05, 0) is 64.1 Å². The molecule has 2 rings (SSSR count). The quantitative estimate of drug-likeness (QED) is 0.763. The standard InChI is InChI=1S/C20H28N2O/c1-5-22(6-2)19-11-9-18(10-12-19)21-15-17(4)23-20-13-7-16(3)8-14-20/h7-14,17,21H,5-6,15H2,1-4H3. The molecule has 0 amide bonds. The Kier molecular flexibility index (Phi) is 6.33. The lowest BCUT2D eigenvalue weighted by molar-refractivity contribution is 0.234. The third-order valence-corrected chi connectivity index (χ3v) is 3.95. The first-order chi connectivity index (χ1) is 11.1. The molecule has 2 aromatic rings. The van der Waals surface area contributed by atoms with Crippen LogP contribution in [0.3, 0.4) is 0 Å². The van der Waals surface area contributed by atoms with Crippen molar-refractivity contribution in [1.82, 2.24) is 0 Å². The number of benzene rings is 2. The minimum atomic E-state index is 0.111. The van der Waals surface area contributed by atoms with Crippen molar-refractivity contribution in [3.8, 4) is 5.75 Å². The van der Waals surface area contributed by atoms with Crippen LogP contribution in [0.5, 0.6) is 5.75 Å². The molecule has 124 valence electrons. The van der Waals surface area contributed by atoms with Crippen molar-refractivity contribution in [2.24, 2.45) is 0 Å². The van der Waals surface area contributed by atoms with E-state index < -0.39 is 0 Å². The van der Waals surface area contributed by atoms with Gasteiger partial charge in [-0.1, -0.05) is 17.7 Å². The molecule has 3 nitrogen and oxygen atoms in total. The average molecular weight is 312 g/mol. The summed E-state index contributed by atoms with van der Waals surface area (Å²) >= 11 is 0. The SMILES string of the molecule is CCN(CC)c1ccc(NCC(C)Oc2ccc(C)cc2)cc1. The molecule has 1 unspecified atom stereocenters. The average Bonchev–Trinajstić information content (AvgIpc) is 2.57. The van der Waals surface area contributed by atoms with Gasteiger partial charge in [0.05, 0.1) is 6.54 Å². The number of hydrogen-bond donors (Lipinski definition) is 1. The largest absolute Gasteiger partial charge is 0.489 e. The summed E-state index contributed by atoms with van der Waals surface area (Å²) in [5, 5.41) is 3.43. The number of ether oxygens (including phenoxy) is 1. The Morgan fingerprint density at radius 1 is 0.957 bits per heavy atom. The molecule has 0 aliphatic rings. The number of hydrogen-bond acceptors (Lipinski definition) is 3. The maximum Gasteiger partial charge on any atom is 0.119 e. The van der Waals surface area contributed by atoms with Crippen molar-refractivity contribution in [3.05, 3.63) is 54.1 Å². The van der Waals surface area contributed by atoms with Crippen LogP contribution in [0.25, 0.3) is 0 Å². The Morgan fingerprint density at radius 2 is 1.57 bits per heavy atom. The topological polar surface area (TPSA) is 24.5 Å². The van der Waals surface area contributed by atoms with Crippen LogP contribution in [0.4, 0.5) is 11.4 Å². The van der Waals surface area contributed by atoms with E-state index in [9.17, 15) is 0 Å². The van der Waals surface area contributed by atoms with Crippen molar-refractivity contribution >= 4 is 11.4 Å². The smallest absolute Gasteiger partial charge is 0.119 e. The van der Waals surface area contributed by atoms with Gasteiger partial charge in [-0.25, -0.2) is 0 Å². The molecular weight excluding hydrogens is 284 g/mol. The van der Waals surface area contributed by atoms with Gasteiger partial charge in [0.25, 0.3) is 0 Å². The molecule has 0 radical (unpaired) electrons. The molecule has 0 spiro atoms. The van der Waals surface area contributed by atoms with Crippen molar-refractivity contribution < 1.29 is 4.74 Å². The molecular formula is C20H28N2O. The Labute approximate surface area is 140 Å². The van der Waals surface area contributed by atoms with Gasteiger partial charge in [-0.15, -0.1) is 0 Å². The van der Waals surface area contributed by atoms with Gasteiger partial charge in [-0.3, -0.25) is 0 Å². The van der Waals surface area contributed by atoms with Crippen LogP contribution >= 0.6 is 0 Å². The van der Waals surface area contributed by atoms with Crippen LogP contribution in [-0.2, 0) is 0 Å². The molecule has 1 atom stereocenters. The lowest BCUT2D eigenvalue weighted by Gasteiger charge is -2.21. The first-order valence-electron chi connectivity index (χ1n) is 8.44. The summed E-state index contributed by atoms with van der Waals surface area (Å²) in [5.74, 6) is 0.918. The lowest BCUT2D eigenvalue weighted by Crippen LogP contribution is -2.23. The highest BCUT2D eigenvalue weighted by molar-refractivity contribution is 5.55. The number of aryl methyl sites for hydroxylation is 1. The maximum absolute atomic E-state index is 5.92. The molecule has 1 N–H and O–H groups in total. The van der Waals surface area contributed by atoms with Crippen LogP contribution in [0.2, 0.25) is 0 Å². The first-order valence-corrected chi connectivity index (χ1v) is 8.44. The normalized spacial score (nSPS) is 11.8. The van der Waals surface area contributed by atoms with Gasteiger partial charge in [0.2, 0.25) is 0 Å². The van der Waals surface area contributed by atoms with Crippen LogP contribution in [0, 0.1) is 6.92 Å². The van der Waals surface area contributed by atoms with Gasteiger partial charge >= 0.3 is 0 Å². The number of nitrogens with one attached hydrogen (secondary N) is 1. The Morgan fingerprint density at radius 3 is 2.13 bits per heavy atom. The molecule has 23 heavy (non-hydrogen) atoms. The monoisotopic (exact) mass is 312 g/mol. The second-order valence-corrected chi connectivity index (χ2v) is 5.84. The van der Waals surface area contributed by atoms with Crippen LogP contribution in [-0.4, -0.2) is 25.7 Å². The van der Waals surface area contributed by atoms with Crippen molar-refractivity contribution in [1.29, 1.82) is 0 Å². The fourth-order valence-corrected chi connectivity index (χ4v) is 2.53. The molecule has 0 aliphatic heterocycles. The summed E-state index contributed by atoms with van der Waals surface area (Å²) in [6.45, 7) is 11.4. The van der Waals surface area contributed by atoms with E-state index in [1.165, 1.54) is 11.3 Å². The number of rotatable bonds is 8. The minimum absolute atomic E-state index is 0.111. The van der Waals surface area contributed by atoms with Gasteiger partial charge in [0.1, 0.15) is 11.9 Å². The van der Waals surface area contributed by atoms with E-state index in [1.807, 2.05) is 12.1 Å². The van der Waals surface area contributed by atoms with E-state index in [4.69, 9.17) is 4.74 Å². The van der Waals surface area contributed by atoms with Gasteiger partial charge in [0, 0.05) is 24.5 Å². The molecule has 0 bridgehead atoms. The Hall–Kier alpha value is -2.16. The molecule has 3 heteroatoms. The molecule has 0 heterocycles. The summed E-state index contributed by atoms with van der Waals surface area (Å²) in [6.07, 6.45) is 0.111. The third kappa shape index (κ3) is 5.20. The van der Waals surface area contributed by atoms with Crippen LogP contribution in [0.1, 0.15) is 26.3 Å². The predicted molar refractivity (Wildman–Crippen MR) is 99.8 cm³/mol. The van der Waals surface area contributed by atoms with E-state index in [-0.39, 0.29) is 6.10 Å². The zero-order chi connectivity index (χ0) is 16.7. The maximum atomic E-state index is 5.92. The highest BCUT2D eigenvalue weighted by Gasteiger charge is 2.05. The minimum Gasteiger partial charge on any atom is -0.489 e. The van der Waals surface area contributed by atoms with Crippen molar-refractivity contribution in [3.63, 3.8) is 0 Å². The van der Waals surface area contributed by atoms with Crippen LogP contribution in [0.15, 0.2) is 48.5 Å². The van der Waals surface area contributed by atoms with E-state index in [2.05, 4.69) is 74.3 Å².